The molecule has 0 N–H and O–H groups in total. The first-order chi connectivity index (χ1) is 14.8. The van der Waals surface area contributed by atoms with Gasteiger partial charge in [-0.2, -0.15) is 0 Å². The predicted octanol–water partition coefficient (Wildman–Crippen LogP) is 4.06. The number of esters is 4. The first-order valence-corrected chi connectivity index (χ1v) is 12.4. The molecule has 0 fully saturated rings. The standard InChI is InChI=1S/C20H30O8S4/c1-11(9-17(27-13(3)21)31-15(5)29)19(23)25-7-8-26-20(24)12(2)10-18(28-14(4)22)32-16(6)30/h11-12,17-18H,7-10H2,1-6H3. The van der Waals surface area contributed by atoms with E-state index in [0.717, 1.165) is 0 Å². The van der Waals surface area contributed by atoms with E-state index in [4.69, 9.17) is 43.4 Å². The summed E-state index contributed by atoms with van der Waals surface area (Å²) in [6, 6.07) is 0. The predicted molar refractivity (Wildman–Crippen MR) is 132 cm³/mol. The van der Waals surface area contributed by atoms with Gasteiger partial charge in [0.05, 0.1) is 11.8 Å². The molecular weight excluding hydrogens is 496 g/mol. The maximum Gasteiger partial charge on any atom is 0.308 e. The molecule has 4 atom stereocenters. The molecule has 0 amide bonds. The second-order valence-electron chi connectivity index (χ2n) is 6.91. The lowest BCUT2D eigenvalue weighted by Gasteiger charge is -2.20. The average molecular weight is 527 g/mol. The summed E-state index contributed by atoms with van der Waals surface area (Å²) in [6.07, 6.45) is 0.477. The molecule has 4 unspecified atom stereocenters. The molecule has 0 aliphatic rings. The van der Waals surface area contributed by atoms with Crippen LogP contribution in [0.3, 0.4) is 0 Å². The van der Waals surface area contributed by atoms with Crippen LogP contribution in [0.5, 0.6) is 0 Å². The summed E-state index contributed by atoms with van der Waals surface area (Å²) in [4.78, 5) is 46.8. The minimum atomic E-state index is -0.578. The summed E-state index contributed by atoms with van der Waals surface area (Å²) >= 11 is 12.4. The Balaban J connectivity index is 4.44. The molecule has 0 aliphatic carbocycles. The fourth-order valence-corrected chi connectivity index (χ4v) is 4.84. The summed E-state index contributed by atoms with van der Waals surface area (Å²) in [5, 5.41) is 0. The first kappa shape index (κ1) is 30.8. The normalized spacial score (nSPS) is 14.3. The van der Waals surface area contributed by atoms with E-state index in [1.165, 1.54) is 37.4 Å². The number of carbonyl (C=O) groups excluding carboxylic acids is 4. The van der Waals surface area contributed by atoms with Gasteiger partial charge < -0.3 is 18.9 Å². The Kier molecular flexibility index (Phi) is 15.7. The lowest BCUT2D eigenvalue weighted by molar-refractivity contribution is -0.158. The van der Waals surface area contributed by atoms with E-state index in [0.29, 0.717) is 8.39 Å². The van der Waals surface area contributed by atoms with Gasteiger partial charge in [0.1, 0.15) is 13.2 Å². The Morgan fingerprint density at radius 3 is 1.25 bits per heavy atom. The van der Waals surface area contributed by atoms with Gasteiger partial charge in [-0.25, -0.2) is 0 Å². The lowest BCUT2D eigenvalue weighted by Crippen LogP contribution is -2.26. The zero-order valence-electron chi connectivity index (χ0n) is 19.0. The van der Waals surface area contributed by atoms with E-state index < -0.39 is 46.6 Å². The molecule has 0 aromatic heterocycles. The third-order valence-electron chi connectivity index (χ3n) is 3.66. The Morgan fingerprint density at radius 2 is 1.00 bits per heavy atom. The number of ether oxygens (including phenoxy) is 4. The van der Waals surface area contributed by atoms with Crippen LogP contribution in [0.2, 0.25) is 0 Å². The van der Waals surface area contributed by atoms with Gasteiger partial charge in [-0.1, -0.05) is 61.8 Å². The van der Waals surface area contributed by atoms with Gasteiger partial charge in [-0.05, 0) is 13.8 Å². The first-order valence-electron chi connectivity index (χ1n) is 9.83. The van der Waals surface area contributed by atoms with Crippen LogP contribution in [0, 0.1) is 11.8 Å². The number of hydrogen-bond acceptors (Lipinski definition) is 12. The Hall–Kier alpha value is -1.24. The second-order valence-corrected chi connectivity index (χ2v) is 11.4. The van der Waals surface area contributed by atoms with E-state index in [1.807, 2.05) is 0 Å². The zero-order chi connectivity index (χ0) is 24.8. The van der Waals surface area contributed by atoms with E-state index in [-0.39, 0.29) is 26.1 Å². The maximum atomic E-state index is 12.2. The molecule has 0 radical (unpaired) electrons. The molecule has 0 saturated heterocycles. The number of carbonyl (C=O) groups is 4. The molecule has 8 nitrogen and oxygen atoms in total. The van der Waals surface area contributed by atoms with Gasteiger partial charge >= 0.3 is 23.9 Å². The van der Waals surface area contributed by atoms with Gasteiger partial charge in [0, 0.05) is 35.1 Å². The van der Waals surface area contributed by atoms with Crippen molar-refractivity contribution < 1.29 is 38.1 Å². The molecular formula is C20H30O8S4. The molecule has 0 heterocycles. The van der Waals surface area contributed by atoms with Crippen LogP contribution in [0.4, 0.5) is 0 Å². The SMILES string of the molecule is CC(=O)OC(CC(C)C(=O)OCCOC(=O)C(C)CC(OC(C)=O)SC(C)=S)SC(C)=S. The van der Waals surface area contributed by atoms with Crippen LogP contribution < -0.4 is 0 Å². The van der Waals surface area contributed by atoms with E-state index in [2.05, 4.69) is 0 Å². The maximum absolute atomic E-state index is 12.2. The molecule has 182 valence electrons. The topological polar surface area (TPSA) is 105 Å². The van der Waals surface area contributed by atoms with Crippen LogP contribution >= 0.6 is 48.0 Å². The minimum Gasteiger partial charge on any atom is -0.462 e. The summed E-state index contributed by atoms with van der Waals surface area (Å²) in [6.45, 7) is 9.06. The average Bonchev–Trinajstić information content (AvgIpc) is 2.62. The Bertz CT molecular complexity index is 607. The van der Waals surface area contributed by atoms with Crippen molar-refractivity contribution in [2.24, 2.45) is 11.8 Å². The highest BCUT2D eigenvalue weighted by molar-refractivity contribution is 8.23. The number of thiocarbonyl (C=S) groups is 2. The summed E-state index contributed by atoms with van der Waals surface area (Å²) in [5.41, 5.74) is -1.16. The highest BCUT2D eigenvalue weighted by Gasteiger charge is 2.25. The molecule has 0 aromatic rings. The molecule has 0 spiro atoms. The van der Waals surface area contributed by atoms with Crippen molar-refractivity contribution in [1.29, 1.82) is 0 Å². The van der Waals surface area contributed by atoms with Gasteiger partial charge in [0.25, 0.3) is 0 Å². The monoisotopic (exact) mass is 526 g/mol. The van der Waals surface area contributed by atoms with Crippen LogP contribution in [0.25, 0.3) is 0 Å². The van der Waals surface area contributed by atoms with Gasteiger partial charge in [0.15, 0.2) is 10.9 Å². The fraction of sp³-hybridized carbons (Fsp3) is 0.700. The van der Waals surface area contributed by atoms with Crippen molar-refractivity contribution in [3.8, 4) is 0 Å². The van der Waals surface area contributed by atoms with Gasteiger partial charge in [-0.3, -0.25) is 19.2 Å². The quantitative estimate of drug-likeness (QED) is 0.114. The second kappa shape index (κ2) is 16.4. The highest BCUT2D eigenvalue weighted by atomic mass is 32.2. The van der Waals surface area contributed by atoms with Crippen molar-refractivity contribution in [2.45, 2.75) is 65.3 Å². The van der Waals surface area contributed by atoms with Crippen molar-refractivity contribution in [3.63, 3.8) is 0 Å². The third kappa shape index (κ3) is 15.5. The van der Waals surface area contributed by atoms with Crippen molar-refractivity contribution in [3.05, 3.63) is 0 Å². The number of hydrogen-bond donors (Lipinski definition) is 0. The summed E-state index contributed by atoms with van der Waals surface area (Å²) in [5.74, 6) is -3.02. The van der Waals surface area contributed by atoms with Gasteiger partial charge in [0.2, 0.25) is 0 Å². The summed E-state index contributed by atoms with van der Waals surface area (Å²) < 4.78 is 21.8. The lowest BCUT2D eigenvalue weighted by atomic mass is 10.1. The number of rotatable bonds is 13. The highest BCUT2D eigenvalue weighted by Crippen LogP contribution is 2.24. The Labute approximate surface area is 208 Å². The summed E-state index contributed by atoms with van der Waals surface area (Å²) in [7, 11) is 0. The van der Waals surface area contributed by atoms with Crippen LogP contribution in [-0.4, -0.2) is 56.4 Å². The smallest absolute Gasteiger partial charge is 0.308 e. The van der Waals surface area contributed by atoms with E-state index in [1.54, 1.807) is 27.7 Å². The zero-order valence-corrected chi connectivity index (χ0v) is 22.3. The van der Waals surface area contributed by atoms with Crippen LogP contribution in [0.15, 0.2) is 0 Å². The molecule has 0 aromatic carbocycles. The fourth-order valence-electron chi connectivity index (χ4n) is 2.32. The number of thioether (sulfide) groups is 2. The van der Waals surface area contributed by atoms with Crippen molar-refractivity contribution in [2.75, 3.05) is 13.2 Å². The van der Waals surface area contributed by atoms with Crippen molar-refractivity contribution in [1.82, 2.24) is 0 Å². The van der Waals surface area contributed by atoms with E-state index in [9.17, 15) is 19.2 Å². The van der Waals surface area contributed by atoms with Gasteiger partial charge in [-0.15, -0.1) is 0 Å². The Morgan fingerprint density at radius 1 is 0.688 bits per heavy atom. The largest absolute Gasteiger partial charge is 0.462 e. The molecule has 0 saturated carbocycles. The minimum absolute atomic E-state index is 0.111. The molecule has 12 heteroatoms. The van der Waals surface area contributed by atoms with E-state index >= 15 is 0 Å². The molecule has 0 aliphatic heterocycles. The molecule has 0 rings (SSSR count). The van der Waals surface area contributed by atoms with Crippen LogP contribution in [-0.2, 0) is 38.1 Å². The van der Waals surface area contributed by atoms with Crippen molar-refractivity contribution >= 4 is 80.2 Å². The third-order valence-corrected chi connectivity index (χ3v) is 6.00. The molecule has 0 bridgehead atoms. The van der Waals surface area contributed by atoms with Crippen LogP contribution in [0.1, 0.15) is 54.4 Å². The molecule has 32 heavy (non-hydrogen) atoms.